The van der Waals surface area contributed by atoms with Gasteiger partial charge in [0.15, 0.2) is 5.78 Å². The van der Waals surface area contributed by atoms with Crippen LogP contribution in [-0.4, -0.2) is 47.3 Å². The first-order valence-corrected chi connectivity index (χ1v) is 9.43. The molecule has 0 spiro atoms. The zero-order valence-corrected chi connectivity index (χ0v) is 15.9. The maximum Gasteiger partial charge on any atom is 0.305 e. The monoisotopic (exact) mass is 370 g/mol. The number of aryl methyl sites for hydroxylation is 1. The van der Waals surface area contributed by atoms with Gasteiger partial charge in [0.25, 0.3) is 0 Å². The van der Waals surface area contributed by atoms with Crippen LogP contribution in [0.2, 0.25) is 0 Å². The number of nitrogens with zero attached hydrogens (tertiary/aromatic N) is 2. The van der Waals surface area contributed by atoms with Crippen LogP contribution in [0.5, 0.6) is 0 Å². The molecule has 6 heteroatoms. The van der Waals surface area contributed by atoms with E-state index in [4.69, 9.17) is 4.74 Å². The van der Waals surface area contributed by atoms with Crippen molar-refractivity contribution in [3.63, 3.8) is 0 Å². The van der Waals surface area contributed by atoms with E-state index >= 15 is 0 Å². The first-order chi connectivity index (χ1) is 13.0. The van der Waals surface area contributed by atoms with Crippen molar-refractivity contribution in [3.05, 3.63) is 36.0 Å². The second-order valence-electron chi connectivity index (χ2n) is 7.16. The lowest BCUT2D eigenvalue weighted by Gasteiger charge is -2.31. The van der Waals surface area contributed by atoms with Gasteiger partial charge in [0.2, 0.25) is 5.91 Å². The topological polar surface area (TPSA) is 68.6 Å². The molecule has 3 rings (SSSR count). The molecule has 0 bridgehead atoms. The Bertz CT molecular complexity index is 847. The number of amides is 1. The van der Waals surface area contributed by atoms with Gasteiger partial charge in [-0.25, -0.2) is 0 Å². The Morgan fingerprint density at radius 3 is 2.52 bits per heavy atom. The van der Waals surface area contributed by atoms with Gasteiger partial charge in [-0.3, -0.25) is 14.4 Å². The third-order valence-corrected chi connectivity index (χ3v) is 5.38. The minimum absolute atomic E-state index is 0.0314. The minimum Gasteiger partial charge on any atom is -0.469 e. The average molecular weight is 370 g/mol. The summed E-state index contributed by atoms with van der Waals surface area (Å²) in [6.45, 7) is 3.49. The number of ketones is 1. The molecule has 1 fully saturated rings. The molecule has 0 saturated carbocycles. The summed E-state index contributed by atoms with van der Waals surface area (Å²) in [4.78, 5) is 37.7. The van der Waals surface area contributed by atoms with E-state index in [9.17, 15) is 14.4 Å². The zero-order valence-electron chi connectivity index (χ0n) is 15.9. The summed E-state index contributed by atoms with van der Waals surface area (Å²) in [7, 11) is 1.41. The van der Waals surface area contributed by atoms with Gasteiger partial charge in [-0.1, -0.05) is 18.2 Å². The molecule has 6 nitrogen and oxygen atoms in total. The smallest absolute Gasteiger partial charge is 0.305 e. The molecule has 144 valence electrons. The van der Waals surface area contributed by atoms with Gasteiger partial charge in [-0.2, -0.15) is 0 Å². The SMILES string of the molecule is COC(=O)CC1CCN(C(=O)CCn2cc(C(C)=O)c3ccccc32)CC1. The fourth-order valence-electron chi connectivity index (χ4n) is 3.79. The second-order valence-corrected chi connectivity index (χ2v) is 7.16. The number of methoxy groups -OCH3 is 1. The molecule has 0 radical (unpaired) electrons. The second kappa shape index (κ2) is 8.37. The van der Waals surface area contributed by atoms with Crippen molar-refractivity contribution >= 4 is 28.6 Å². The fourth-order valence-corrected chi connectivity index (χ4v) is 3.79. The van der Waals surface area contributed by atoms with Crippen LogP contribution in [0.25, 0.3) is 10.9 Å². The van der Waals surface area contributed by atoms with E-state index in [0.29, 0.717) is 44.0 Å². The number of piperidine rings is 1. The first-order valence-electron chi connectivity index (χ1n) is 9.43. The van der Waals surface area contributed by atoms with Crippen molar-refractivity contribution in [1.82, 2.24) is 9.47 Å². The third-order valence-electron chi connectivity index (χ3n) is 5.38. The van der Waals surface area contributed by atoms with E-state index in [0.717, 1.165) is 23.7 Å². The largest absolute Gasteiger partial charge is 0.469 e. The van der Waals surface area contributed by atoms with Crippen LogP contribution in [0.3, 0.4) is 0 Å². The van der Waals surface area contributed by atoms with E-state index < -0.39 is 0 Å². The summed E-state index contributed by atoms with van der Waals surface area (Å²) in [6, 6.07) is 7.78. The number of likely N-dealkylation sites (tertiary alicyclic amines) is 1. The molecule has 1 amide bonds. The van der Waals surface area contributed by atoms with E-state index in [1.54, 1.807) is 6.92 Å². The van der Waals surface area contributed by atoms with Gasteiger partial charge in [0.1, 0.15) is 0 Å². The van der Waals surface area contributed by atoms with Gasteiger partial charge in [0, 0.05) is 55.1 Å². The summed E-state index contributed by atoms with van der Waals surface area (Å²) in [5.41, 5.74) is 1.67. The first kappa shape index (κ1) is 19.1. The summed E-state index contributed by atoms with van der Waals surface area (Å²) in [5.74, 6) is 0.270. The number of carbonyl (C=O) groups excluding carboxylic acids is 3. The normalized spacial score (nSPS) is 15.1. The third kappa shape index (κ3) is 4.38. The lowest BCUT2D eigenvalue weighted by atomic mass is 9.93. The molecule has 0 N–H and O–H groups in total. The van der Waals surface area contributed by atoms with Crippen LogP contribution in [0, 0.1) is 5.92 Å². The molecular weight excluding hydrogens is 344 g/mol. The van der Waals surface area contributed by atoms with E-state index in [2.05, 4.69) is 0 Å². The highest BCUT2D eigenvalue weighted by Gasteiger charge is 2.24. The van der Waals surface area contributed by atoms with Gasteiger partial charge < -0.3 is 14.2 Å². The van der Waals surface area contributed by atoms with Gasteiger partial charge in [-0.15, -0.1) is 0 Å². The number of carbonyl (C=O) groups is 3. The highest BCUT2D eigenvalue weighted by atomic mass is 16.5. The Morgan fingerprint density at radius 2 is 1.85 bits per heavy atom. The number of esters is 1. The van der Waals surface area contributed by atoms with Crippen molar-refractivity contribution < 1.29 is 19.1 Å². The van der Waals surface area contributed by atoms with Crippen LogP contribution >= 0.6 is 0 Å². The lowest BCUT2D eigenvalue weighted by molar-refractivity contribution is -0.142. The summed E-state index contributed by atoms with van der Waals surface area (Å²) in [6.07, 6.45) is 4.35. The molecule has 0 atom stereocenters. The maximum atomic E-state index is 12.6. The highest BCUT2D eigenvalue weighted by Crippen LogP contribution is 2.24. The number of aromatic nitrogens is 1. The molecule has 2 aromatic rings. The number of Topliss-reactive ketones (excluding diaryl/α,β-unsaturated/α-hetero) is 1. The predicted molar refractivity (Wildman–Crippen MR) is 102 cm³/mol. The number of benzene rings is 1. The standard InChI is InChI=1S/C21H26N2O4/c1-15(24)18-14-23(19-6-4-3-5-17(18)19)12-9-20(25)22-10-7-16(8-11-22)13-21(26)27-2/h3-6,14,16H,7-13H2,1-2H3. The number of hydrogen-bond acceptors (Lipinski definition) is 4. The Balaban J connectivity index is 1.58. The number of para-hydroxylation sites is 1. The molecule has 1 aromatic carbocycles. The van der Waals surface area contributed by atoms with Crippen molar-refractivity contribution in [2.24, 2.45) is 5.92 Å². The molecule has 2 heterocycles. The molecule has 1 saturated heterocycles. The van der Waals surface area contributed by atoms with Crippen molar-refractivity contribution in [2.75, 3.05) is 20.2 Å². The van der Waals surface area contributed by atoms with Crippen molar-refractivity contribution in [1.29, 1.82) is 0 Å². The van der Waals surface area contributed by atoms with Crippen LogP contribution in [0.4, 0.5) is 0 Å². The summed E-state index contributed by atoms with van der Waals surface area (Å²) in [5, 5.41) is 0.932. The van der Waals surface area contributed by atoms with Crippen molar-refractivity contribution in [2.45, 2.75) is 39.2 Å². The summed E-state index contributed by atoms with van der Waals surface area (Å²) < 4.78 is 6.72. The fraction of sp³-hybridized carbons (Fsp3) is 0.476. The molecule has 1 aliphatic rings. The summed E-state index contributed by atoms with van der Waals surface area (Å²) >= 11 is 0. The Kier molecular flexibility index (Phi) is 5.94. The number of hydrogen-bond donors (Lipinski definition) is 0. The Morgan fingerprint density at radius 1 is 1.15 bits per heavy atom. The molecular formula is C21H26N2O4. The van der Waals surface area contributed by atoms with Gasteiger partial charge in [-0.05, 0) is 31.7 Å². The molecule has 27 heavy (non-hydrogen) atoms. The van der Waals surface area contributed by atoms with Crippen LogP contribution in [0.15, 0.2) is 30.5 Å². The van der Waals surface area contributed by atoms with E-state index in [1.165, 1.54) is 7.11 Å². The van der Waals surface area contributed by atoms with Gasteiger partial charge >= 0.3 is 5.97 Å². The lowest BCUT2D eigenvalue weighted by Crippen LogP contribution is -2.39. The quantitative estimate of drug-likeness (QED) is 0.579. The molecule has 1 aliphatic heterocycles. The van der Waals surface area contributed by atoms with Crippen LogP contribution < -0.4 is 0 Å². The number of rotatable bonds is 6. The highest BCUT2D eigenvalue weighted by molar-refractivity contribution is 6.06. The van der Waals surface area contributed by atoms with E-state index in [-0.39, 0.29) is 17.7 Å². The zero-order chi connectivity index (χ0) is 19.4. The molecule has 1 aromatic heterocycles. The number of fused-ring (bicyclic) bond motifs is 1. The van der Waals surface area contributed by atoms with Crippen LogP contribution in [-0.2, 0) is 20.9 Å². The minimum atomic E-state index is -0.180. The molecule has 0 unspecified atom stereocenters. The number of ether oxygens (including phenoxy) is 1. The Labute approximate surface area is 159 Å². The predicted octanol–water partition coefficient (Wildman–Crippen LogP) is 3.04. The average Bonchev–Trinajstić information content (AvgIpc) is 3.05. The van der Waals surface area contributed by atoms with Crippen LogP contribution in [0.1, 0.15) is 43.0 Å². The van der Waals surface area contributed by atoms with Crippen molar-refractivity contribution in [3.8, 4) is 0 Å². The maximum absolute atomic E-state index is 12.6. The molecule has 0 aliphatic carbocycles. The Hall–Kier alpha value is -2.63. The van der Waals surface area contributed by atoms with Gasteiger partial charge in [0.05, 0.1) is 7.11 Å². The van der Waals surface area contributed by atoms with E-state index in [1.807, 2.05) is 39.9 Å².